The van der Waals surface area contributed by atoms with Gasteiger partial charge in [0.2, 0.25) is 11.8 Å². The van der Waals surface area contributed by atoms with Gasteiger partial charge in [0.25, 0.3) is 0 Å². The lowest BCUT2D eigenvalue weighted by Crippen LogP contribution is -2.55. The van der Waals surface area contributed by atoms with Gasteiger partial charge in [0, 0.05) is 23.9 Å². The lowest BCUT2D eigenvalue weighted by Gasteiger charge is -2.59. The summed E-state index contributed by atoms with van der Waals surface area (Å²) in [5, 5.41) is 3.84. The Labute approximate surface area is 183 Å². The highest BCUT2D eigenvalue weighted by atomic mass is 35.5. The zero-order chi connectivity index (χ0) is 20.9. The number of carbonyl (C=O) groups is 2. The number of hydrogen-bond donors (Lipinski definition) is 1. The molecule has 5 nitrogen and oxygen atoms in total. The third-order valence-electron chi connectivity index (χ3n) is 8.03. The molecule has 4 saturated carbocycles. The van der Waals surface area contributed by atoms with Gasteiger partial charge in [0.15, 0.2) is 0 Å². The predicted molar refractivity (Wildman–Crippen MR) is 117 cm³/mol. The molecule has 1 aromatic rings. The van der Waals surface area contributed by atoms with Crippen LogP contribution in [0.25, 0.3) is 0 Å². The highest BCUT2D eigenvalue weighted by Gasteiger charge is 2.53. The van der Waals surface area contributed by atoms with Crippen molar-refractivity contribution in [1.29, 1.82) is 0 Å². The van der Waals surface area contributed by atoms with Crippen molar-refractivity contribution in [3.8, 4) is 5.75 Å². The van der Waals surface area contributed by atoms with Gasteiger partial charge in [-0.05, 0) is 86.8 Å². The number of ether oxygens (including phenoxy) is 1. The molecule has 0 unspecified atom stereocenters. The molecule has 2 amide bonds. The van der Waals surface area contributed by atoms with E-state index in [1.165, 1.54) is 38.5 Å². The van der Waals surface area contributed by atoms with Crippen LogP contribution in [-0.2, 0) is 9.59 Å². The van der Waals surface area contributed by atoms with Crippen molar-refractivity contribution in [3.05, 3.63) is 23.2 Å². The van der Waals surface area contributed by atoms with E-state index in [4.69, 9.17) is 16.3 Å². The van der Waals surface area contributed by atoms with Crippen LogP contribution in [0, 0.1) is 23.2 Å². The number of hydrogen-bond acceptors (Lipinski definition) is 3. The molecule has 30 heavy (non-hydrogen) atoms. The first-order chi connectivity index (χ1) is 14.4. The number of carbonyl (C=O) groups excluding carboxylic acids is 2. The molecule has 4 bridgehead atoms. The molecule has 162 valence electrons. The van der Waals surface area contributed by atoms with Crippen molar-refractivity contribution in [2.75, 3.05) is 18.1 Å². The molecule has 5 aliphatic rings. The second kappa shape index (κ2) is 7.74. The largest absolute Gasteiger partial charge is 0.490 e. The Balaban J connectivity index is 1.17. The van der Waals surface area contributed by atoms with E-state index in [0.717, 1.165) is 17.8 Å². The van der Waals surface area contributed by atoms with Crippen molar-refractivity contribution in [1.82, 2.24) is 5.32 Å². The number of benzene rings is 1. The minimum atomic E-state index is -0.0561. The van der Waals surface area contributed by atoms with Gasteiger partial charge in [-0.25, -0.2) is 0 Å². The van der Waals surface area contributed by atoms with E-state index < -0.39 is 0 Å². The Bertz CT molecular complexity index is 820. The molecule has 1 N–H and O–H groups in total. The van der Waals surface area contributed by atoms with E-state index in [2.05, 4.69) is 12.2 Å². The second-order valence-corrected chi connectivity index (χ2v) is 10.5. The summed E-state index contributed by atoms with van der Waals surface area (Å²) in [7, 11) is 0. The molecule has 0 aromatic heterocycles. The van der Waals surface area contributed by atoms with E-state index in [9.17, 15) is 9.59 Å². The summed E-state index contributed by atoms with van der Waals surface area (Å²) in [4.78, 5) is 27.2. The fourth-order valence-electron chi connectivity index (χ4n) is 6.98. The highest BCUT2D eigenvalue weighted by molar-refractivity contribution is 6.31. The Hall–Kier alpha value is -1.75. The fourth-order valence-corrected chi connectivity index (χ4v) is 7.15. The van der Waals surface area contributed by atoms with Crippen LogP contribution < -0.4 is 15.0 Å². The summed E-state index contributed by atoms with van der Waals surface area (Å²) in [5.74, 6) is 3.20. The molecule has 0 radical (unpaired) electrons. The number of halogens is 1. The number of rotatable bonds is 5. The predicted octanol–water partition coefficient (Wildman–Crippen LogP) is 4.57. The van der Waals surface area contributed by atoms with Crippen LogP contribution in [-0.4, -0.2) is 31.0 Å². The van der Waals surface area contributed by atoms with Crippen molar-refractivity contribution >= 4 is 29.1 Å². The number of nitrogens with one attached hydrogen (secondary N) is 1. The zero-order valence-corrected chi connectivity index (χ0v) is 18.4. The molecule has 1 aromatic carbocycles. The third kappa shape index (κ3) is 3.70. The minimum absolute atomic E-state index is 0.00817. The summed E-state index contributed by atoms with van der Waals surface area (Å²) >= 11 is 6.10. The van der Waals surface area contributed by atoms with Gasteiger partial charge >= 0.3 is 0 Å². The first kappa shape index (κ1) is 20.2. The number of amides is 2. The van der Waals surface area contributed by atoms with Crippen LogP contribution in [0.15, 0.2) is 18.2 Å². The molecule has 4 aliphatic carbocycles. The number of fused-ring (bicyclic) bond motifs is 1. The molecule has 0 spiro atoms. The lowest BCUT2D eigenvalue weighted by molar-refractivity contribution is -0.128. The topological polar surface area (TPSA) is 58.6 Å². The second-order valence-electron chi connectivity index (χ2n) is 10.1. The van der Waals surface area contributed by atoms with E-state index >= 15 is 0 Å². The average Bonchev–Trinajstić information content (AvgIpc) is 2.70. The summed E-state index contributed by atoms with van der Waals surface area (Å²) in [6, 6.07) is 5.49. The van der Waals surface area contributed by atoms with Gasteiger partial charge in [-0.15, -0.1) is 0 Å². The van der Waals surface area contributed by atoms with E-state index in [1.54, 1.807) is 23.1 Å². The Morgan fingerprint density at radius 1 is 1.17 bits per heavy atom. The average molecular weight is 431 g/mol. The molecular formula is C24H31ClN2O3. The summed E-state index contributed by atoms with van der Waals surface area (Å²) in [6.45, 7) is 3.13. The van der Waals surface area contributed by atoms with E-state index in [0.29, 0.717) is 29.6 Å². The van der Waals surface area contributed by atoms with Gasteiger partial charge in [-0.2, -0.15) is 0 Å². The van der Waals surface area contributed by atoms with E-state index in [-0.39, 0.29) is 36.1 Å². The van der Waals surface area contributed by atoms with Crippen molar-refractivity contribution in [3.63, 3.8) is 0 Å². The quantitative estimate of drug-likeness (QED) is 0.744. The standard InChI is InChI=1S/C24H31ClN2O3/c1-15(24-12-16-8-17(13-24)10-18(9-16)14-24)26-22(28)4-5-23(29)27-6-7-30-21-3-2-19(25)11-20(21)27/h2-3,11,15-18H,4-10,12-14H2,1H3,(H,26,28)/t15-,16?,17?,18?,24?/m1/s1. The van der Waals surface area contributed by atoms with Crippen LogP contribution in [0.2, 0.25) is 5.02 Å². The molecular weight excluding hydrogens is 400 g/mol. The monoisotopic (exact) mass is 430 g/mol. The van der Waals surface area contributed by atoms with Crippen LogP contribution >= 0.6 is 11.6 Å². The zero-order valence-electron chi connectivity index (χ0n) is 17.7. The Morgan fingerprint density at radius 2 is 1.83 bits per heavy atom. The van der Waals surface area contributed by atoms with Gasteiger partial charge in [0.05, 0.1) is 12.2 Å². The maximum Gasteiger partial charge on any atom is 0.227 e. The molecule has 6 rings (SSSR count). The third-order valence-corrected chi connectivity index (χ3v) is 8.27. The summed E-state index contributed by atoms with van der Waals surface area (Å²) in [6.07, 6.45) is 8.44. The van der Waals surface area contributed by atoms with Gasteiger partial charge in [0.1, 0.15) is 12.4 Å². The smallest absolute Gasteiger partial charge is 0.227 e. The number of nitrogens with zero attached hydrogens (tertiary/aromatic N) is 1. The normalized spacial score (nSPS) is 32.3. The van der Waals surface area contributed by atoms with Gasteiger partial charge in [-0.3, -0.25) is 9.59 Å². The molecule has 0 saturated heterocycles. The molecule has 1 atom stereocenters. The molecule has 4 fully saturated rings. The fraction of sp³-hybridized carbons (Fsp3) is 0.667. The van der Waals surface area contributed by atoms with Crippen molar-refractivity contribution in [2.45, 2.75) is 64.3 Å². The summed E-state index contributed by atoms with van der Waals surface area (Å²) in [5.41, 5.74) is 0.981. The maximum absolute atomic E-state index is 12.8. The Kier molecular flexibility index (Phi) is 5.20. The highest BCUT2D eigenvalue weighted by Crippen LogP contribution is 2.61. The SMILES string of the molecule is C[C@@H](NC(=O)CCC(=O)N1CCOc2ccc(Cl)cc21)C12CC3CC(CC(C3)C1)C2. The van der Waals surface area contributed by atoms with E-state index in [1.807, 2.05) is 0 Å². The number of anilines is 1. The Morgan fingerprint density at radius 3 is 2.50 bits per heavy atom. The van der Waals surface area contributed by atoms with Crippen LogP contribution in [0.4, 0.5) is 5.69 Å². The summed E-state index contributed by atoms with van der Waals surface area (Å²) < 4.78 is 5.62. The first-order valence-corrected chi connectivity index (χ1v) is 11.8. The molecule has 1 heterocycles. The van der Waals surface area contributed by atoms with Crippen LogP contribution in [0.3, 0.4) is 0 Å². The van der Waals surface area contributed by atoms with Gasteiger partial charge in [-0.1, -0.05) is 11.6 Å². The van der Waals surface area contributed by atoms with Crippen molar-refractivity contribution < 1.29 is 14.3 Å². The van der Waals surface area contributed by atoms with Gasteiger partial charge < -0.3 is 15.0 Å². The lowest BCUT2D eigenvalue weighted by atomic mass is 9.48. The minimum Gasteiger partial charge on any atom is -0.490 e. The maximum atomic E-state index is 12.8. The first-order valence-electron chi connectivity index (χ1n) is 11.4. The molecule has 6 heteroatoms. The van der Waals surface area contributed by atoms with Crippen LogP contribution in [0.1, 0.15) is 58.3 Å². The van der Waals surface area contributed by atoms with Crippen molar-refractivity contribution in [2.24, 2.45) is 23.2 Å². The van der Waals surface area contributed by atoms with Crippen LogP contribution in [0.5, 0.6) is 5.75 Å². The molecule has 1 aliphatic heterocycles.